The van der Waals surface area contributed by atoms with Gasteiger partial charge in [0.25, 0.3) is 0 Å². The van der Waals surface area contributed by atoms with Crippen molar-refractivity contribution in [1.82, 2.24) is 0 Å². The molecule has 0 aromatic carbocycles. The zero-order valence-corrected chi connectivity index (χ0v) is 29.2. The van der Waals surface area contributed by atoms with Crippen LogP contribution in [0.1, 0.15) is 58.8 Å². The van der Waals surface area contributed by atoms with E-state index in [0.717, 1.165) is 48.7 Å². The van der Waals surface area contributed by atoms with Crippen LogP contribution in [0, 0.1) is 5.92 Å². The summed E-state index contributed by atoms with van der Waals surface area (Å²) in [6, 6.07) is 0. The second-order valence-electron chi connectivity index (χ2n) is 8.10. The number of hydrogen-bond acceptors (Lipinski definition) is 15. The third-order valence-electron chi connectivity index (χ3n) is 4.80. The summed E-state index contributed by atoms with van der Waals surface area (Å²) < 4.78 is 8.83. The molecule has 0 spiro atoms. The van der Waals surface area contributed by atoms with Crippen LogP contribution in [0.2, 0.25) is 0 Å². The van der Waals surface area contributed by atoms with Crippen LogP contribution in [-0.2, 0) is 52.6 Å². The molecule has 0 saturated carbocycles. The topological polar surface area (TPSA) is 172 Å². The molecule has 3 fully saturated rings. The largest absolute Gasteiger partial charge is 0.469 e. The lowest BCUT2D eigenvalue weighted by atomic mass is 10.1. The average molecular weight is 707 g/mol. The molecule has 0 N–H and O–H groups in total. The van der Waals surface area contributed by atoms with Gasteiger partial charge in [-0.25, -0.2) is 0 Å². The Morgan fingerprint density at radius 1 is 0.907 bits per heavy atom. The number of ether oxygens (including phenoxy) is 2. The molecule has 16 heteroatoms. The monoisotopic (exact) mass is 706 g/mol. The average Bonchev–Trinajstić information content (AvgIpc) is 3.00. The highest BCUT2D eigenvalue weighted by Crippen LogP contribution is 2.23. The van der Waals surface area contributed by atoms with Gasteiger partial charge in [-0.3, -0.25) is 24.0 Å². The molecule has 43 heavy (non-hydrogen) atoms. The Bertz CT molecular complexity index is 804. The van der Waals surface area contributed by atoms with E-state index in [9.17, 15) is 24.0 Å². The number of Topliss-reactive ketones (excluding diaryl/α,β-unsaturated/α-hetero) is 3. The smallest absolute Gasteiger partial charge is 0.373 e. The van der Waals surface area contributed by atoms with E-state index in [4.69, 9.17) is 30.8 Å². The van der Waals surface area contributed by atoms with Crippen LogP contribution in [0.5, 0.6) is 0 Å². The highest BCUT2D eigenvalue weighted by molar-refractivity contribution is 8.01. The fourth-order valence-corrected chi connectivity index (χ4v) is 5.89. The summed E-state index contributed by atoms with van der Waals surface area (Å²) in [7, 11) is 2.68. The van der Waals surface area contributed by atoms with Crippen LogP contribution in [0.25, 0.3) is 0 Å². The number of carbonyl (C=O) groups excluding carboxylic acids is 9. The number of thioether (sulfide) groups is 3. The van der Waals surface area contributed by atoms with Gasteiger partial charge in [0.05, 0.1) is 25.7 Å². The lowest BCUT2D eigenvalue weighted by molar-refractivity contribution is -0.193. The maximum Gasteiger partial charge on any atom is 0.373 e. The van der Waals surface area contributed by atoms with Crippen LogP contribution in [0.3, 0.4) is 0 Å². The summed E-state index contributed by atoms with van der Waals surface area (Å²) in [5.74, 6) is 6.84. The molecule has 0 aromatic rings. The number of ketones is 3. The van der Waals surface area contributed by atoms with Crippen LogP contribution in [0.15, 0.2) is 0 Å². The molecule has 3 saturated heterocycles. The van der Waals surface area contributed by atoms with Gasteiger partial charge in [-0.05, 0) is 48.7 Å². The summed E-state index contributed by atoms with van der Waals surface area (Å²) >= 11 is 14.0. The third-order valence-corrected chi connectivity index (χ3v) is 8.50. The molecular formula is C27H43ClO11S4. The van der Waals surface area contributed by atoms with Crippen molar-refractivity contribution >= 4 is 101 Å². The van der Waals surface area contributed by atoms with E-state index < -0.39 is 11.2 Å². The van der Waals surface area contributed by atoms with Crippen molar-refractivity contribution in [2.24, 2.45) is 5.92 Å². The van der Waals surface area contributed by atoms with Gasteiger partial charge < -0.3 is 9.47 Å². The molecule has 2 atom stereocenters. The minimum absolute atomic E-state index is 0.00750. The van der Waals surface area contributed by atoms with Crippen molar-refractivity contribution in [1.29, 1.82) is 0 Å². The Morgan fingerprint density at radius 2 is 1.44 bits per heavy atom. The van der Waals surface area contributed by atoms with Crippen molar-refractivity contribution in [2.45, 2.75) is 64.0 Å². The molecule has 0 bridgehead atoms. The van der Waals surface area contributed by atoms with Crippen molar-refractivity contribution in [2.75, 3.05) is 54.6 Å². The first-order valence-electron chi connectivity index (χ1n) is 13.2. The zero-order valence-electron chi connectivity index (χ0n) is 25.1. The molecule has 248 valence electrons. The predicted octanol–water partition coefficient (Wildman–Crippen LogP) is 3.98. The Kier molecular flexibility index (Phi) is 43.2. The van der Waals surface area contributed by atoms with Crippen molar-refractivity contribution in [3.8, 4) is 0 Å². The van der Waals surface area contributed by atoms with E-state index in [2.05, 4.69) is 22.1 Å². The second kappa shape index (κ2) is 38.4. The SMILES string of the molecule is CC1CCSCC1=O.CCS.COC(=O)C1SCCCC1=O.COC(=O)CCCCl.O=C1CCCSC1.O=C=O.O=C=O. The first kappa shape index (κ1) is 48.3. The van der Waals surface area contributed by atoms with Gasteiger partial charge in [0.1, 0.15) is 11.6 Å². The number of hydrogen-bond donors (Lipinski definition) is 1. The molecule has 3 rings (SSSR count). The van der Waals surface area contributed by atoms with Gasteiger partial charge in [-0.1, -0.05) is 13.8 Å². The van der Waals surface area contributed by atoms with Gasteiger partial charge in [0, 0.05) is 31.1 Å². The number of rotatable bonds is 4. The number of esters is 2. The molecule has 11 nitrogen and oxygen atoms in total. The maximum absolute atomic E-state index is 11.1. The summed E-state index contributed by atoms with van der Waals surface area (Å²) in [6.45, 7) is 4.01. The molecule has 0 aromatic heterocycles. The zero-order chi connectivity index (χ0) is 33.9. The lowest BCUT2D eigenvalue weighted by Gasteiger charge is -2.17. The van der Waals surface area contributed by atoms with E-state index in [0.29, 0.717) is 42.6 Å². The van der Waals surface area contributed by atoms with E-state index in [1.807, 2.05) is 13.8 Å². The first-order chi connectivity index (χ1) is 20.5. The van der Waals surface area contributed by atoms with Crippen LogP contribution >= 0.6 is 59.5 Å². The molecule has 2 unspecified atom stereocenters. The van der Waals surface area contributed by atoms with Crippen molar-refractivity contribution < 1.29 is 52.6 Å². The molecule has 3 aliphatic rings. The Hall–Kier alpha value is -1.60. The molecule has 3 heterocycles. The highest BCUT2D eigenvalue weighted by atomic mass is 35.5. The first-order valence-corrected chi connectivity index (χ1v) is 17.7. The van der Waals surface area contributed by atoms with E-state index >= 15 is 0 Å². The number of methoxy groups -OCH3 is 2. The Morgan fingerprint density at radius 3 is 1.77 bits per heavy atom. The summed E-state index contributed by atoms with van der Waals surface area (Å²) in [6.07, 6.45) is 6.05. The molecule has 0 amide bonds. The van der Waals surface area contributed by atoms with E-state index in [-0.39, 0.29) is 24.1 Å². The van der Waals surface area contributed by atoms with Gasteiger partial charge in [-0.2, -0.15) is 55.3 Å². The van der Waals surface area contributed by atoms with E-state index in [1.165, 1.54) is 37.5 Å². The number of carbonyl (C=O) groups is 5. The number of thiol groups is 1. The Labute approximate surface area is 277 Å². The van der Waals surface area contributed by atoms with Crippen LogP contribution in [-0.4, -0.2) is 101 Å². The van der Waals surface area contributed by atoms with Crippen molar-refractivity contribution in [3.63, 3.8) is 0 Å². The quantitative estimate of drug-likeness (QED) is 0.193. The highest BCUT2D eigenvalue weighted by Gasteiger charge is 2.30. The van der Waals surface area contributed by atoms with Gasteiger partial charge >= 0.3 is 24.2 Å². The van der Waals surface area contributed by atoms with Gasteiger partial charge in [0.15, 0.2) is 11.0 Å². The van der Waals surface area contributed by atoms with Gasteiger partial charge in [0.2, 0.25) is 0 Å². The van der Waals surface area contributed by atoms with Crippen molar-refractivity contribution in [3.05, 3.63) is 0 Å². The normalized spacial score (nSPS) is 18.1. The summed E-state index contributed by atoms with van der Waals surface area (Å²) in [5.41, 5.74) is 0. The third kappa shape index (κ3) is 36.5. The molecule has 3 aliphatic heterocycles. The van der Waals surface area contributed by atoms with Crippen LogP contribution < -0.4 is 0 Å². The summed E-state index contributed by atoms with van der Waals surface area (Å²) in [5, 5.41) is -0.547. The standard InChI is InChI=1S/C7H10O3S.C6H10OS.C5H9ClO2.C5H8OS.C2H6S.2CO2/c1-10-7(9)6-5(8)3-2-4-11-6;1-5-2-3-8-4-6(5)7;1-8-5(7)3-2-4-6;6-5-2-1-3-7-4-5;1-2-3;2*2-1-3/h6H,2-4H2,1H3;5H,2-4H2,1H3;2-4H2,1H3;1-4H2;3H,2H2,1H3;;. The Balaban J connectivity index is -0.000000218. The number of halogens is 1. The van der Waals surface area contributed by atoms with Crippen LogP contribution in [0.4, 0.5) is 0 Å². The predicted molar refractivity (Wildman–Crippen MR) is 172 cm³/mol. The van der Waals surface area contributed by atoms with Gasteiger partial charge in [-0.15, -0.1) is 23.4 Å². The molecule has 0 radical (unpaired) electrons. The minimum Gasteiger partial charge on any atom is -0.469 e. The maximum atomic E-state index is 11.1. The van der Waals surface area contributed by atoms with E-state index in [1.54, 1.807) is 23.5 Å². The summed E-state index contributed by atoms with van der Waals surface area (Å²) in [4.78, 5) is 86.0. The lowest BCUT2D eigenvalue weighted by Crippen LogP contribution is -2.31. The fraction of sp³-hybridized carbons (Fsp3) is 0.741. The molecule has 0 aliphatic carbocycles. The molecular weight excluding hydrogens is 664 g/mol. The minimum atomic E-state index is -0.547. The second-order valence-corrected chi connectivity index (χ2v) is 12.5. The number of alkyl halides is 1. The fourth-order valence-electron chi connectivity index (χ4n) is 2.66.